The minimum absolute atomic E-state index is 0.337. The molecule has 0 bridgehead atoms. The van der Waals surface area contributed by atoms with Gasteiger partial charge < -0.3 is 9.88 Å². The lowest BCUT2D eigenvalue weighted by Gasteiger charge is -2.24. The zero-order valence-corrected chi connectivity index (χ0v) is 12.1. The van der Waals surface area contributed by atoms with Gasteiger partial charge in [0.05, 0.1) is 6.04 Å². The van der Waals surface area contributed by atoms with E-state index in [9.17, 15) is 0 Å². The summed E-state index contributed by atoms with van der Waals surface area (Å²) in [4.78, 5) is 0. The van der Waals surface area contributed by atoms with E-state index < -0.39 is 0 Å². The summed E-state index contributed by atoms with van der Waals surface area (Å²) in [5.74, 6) is 2.89. The van der Waals surface area contributed by atoms with Gasteiger partial charge in [0, 0.05) is 19.0 Å². The van der Waals surface area contributed by atoms with Crippen LogP contribution in [0, 0.1) is 10.8 Å². The zero-order chi connectivity index (χ0) is 13.1. The lowest BCUT2D eigenvalue weighted by Crippen LogP contribution is -2.34. The van der Waals surface area contributed by atoms with Gasteiger partial charge in [-0.25, -0.2) is 0 Å². The zero-order valence-electron chi connectivity index (χ0n) is 12.1. The lowest BCUT2D eigenvalue weighted by molar-refractivity contribution is 0.397. The first-order valence-corrected chi connectivity index (χ1v) is 7.07. The minimum atomic E-state index is 0.337. The van der Waals surface area contributed by atoms with Crippen molar-refractivity contribution >= 4 is 0 Å². The van der Waals surface area contributed by atoms with Crippen LogP contribution in [0.5, 0.6) is 0 Å². The van der Waals surface area contributed by atoms with Crippen LogP contribution in [0.4, 0.5) is 0 Å². The minimum Gasteiger partial charge on any atom is -0.312 e. The summed E-state index contributed by atoms with van der Waals surface area (Å²) in [7, 11) is 0. The van der Waals surface area contributed by atoms with E-state index >= 15 is 0 Å². The Morgan fingerprint density at radius 3 is 2.33 bits per heavy atom. The molecule has 1 aromatic heterocycles. The number of nitrogens with one attached hydrogen (secondary N) is 1. The van der Waals surface area contributed by atoms with Crippen LogP contribution in [0.2, 0.25) is 0 Å². The van der Waals surface area contributed by atoms with E-state index in [1.54, 1.807) is 0 Å². The number of hydrogen-bond acceptors (Lipinski definition) is 3. The molecule has 1 fully saturated rings. The van der Waals surface area contributed by atoms with E-state index in [1.165, 1.54) is 5.82 Å². The smallest absolute Gasteiger partial charge is 0.150 e. The molecule has 2 heterocycles. The van der Waals surface area contributed by atoms with E-state index in [0.29, 0.717) is 22.8 Å². The van der Waals surface area contributed by atoms with Crippen LogP contribution in [0.1, 0.15) is 64.6 Å². The van der Waals surface area contributed by atoms with Gasteiger partial charge in [0.1, 0.15) is 11.6 Å². The van der Waals surface area contributed by atoms with E-state index in [-0.39, 0.29) is 0 Å². The molecule has 3 rings (SSSR count). The predicted octanol–water partition coefficient (Wildman–Crippen LogP) is 2.48. The largest absolute Gasteiger partial charge is 0.312 e. The third-order valence-corrected chi connectivity index (χ3v) is 5.53. The summed E-state index contributed by atoms with van der Waals surface area (Å²) in [6, 6.07) is 0.380. The second kappa shape index (κ2) is 3.56. The standard InChI is InChI=1S/C14H24N4/c1-6-9-11-16-17-12(18(11)8-7-15-9)10-13(2,3)14(10,4)5/h9-10,15H,6-8H2,1-5H3. The van der Waals surface area contributed by atoms with Crippen molar-refractivity contribution in [3.05, 3.63) is 11.6 Å². The Morgan fingerprint density at radius 1 is 1.17 bits per heavy atom. The molecule has 0 spiro atoms. The Morgan fingerprint density at radius 2 is 1.78 bits per heavy atom. The highest BCUT2D eigenvalue weighted by molar-refractivity contribution is 5.28. The Balaban J connectivity index is 2.00. The maximum Gasteiger partial charge on any atom is 0.150 e. The molecule has 1 aliphatic heterocycles. The van der Waals surface area contributed by atoms with Crippen molar-refractivity contribution in [2.45, 2.75) is 59.5 Å². The quantitative estimate of drug-likeness (QED) is 0.874. The molecular weight excluding hydrogens is 224 g/mol. The predicted molar refractivity (Wildman–Crippen MR) is 71.4 cm³/mol. The first kappa shape index (κ1) is 12.2. The molecule has 4 nitrogen and oxygen atoms in total. The van der Waals surface area contributed by atoms with Crippen molar-refractivity contribution in [2.24, 2.45) is 10.8 Å². The molecule has 0 amide bonds. The molecule has 1 atom stereocenters. The number of nitrogens with zero attached hydrogens (tertiary/aromatic N) is 3. The van der Waals surface area contributed by atoms with Crippen molar-refractivity contribution in [2.75, 3.05) is 6.54 Å². The molecule has 1 saturated carbocycles. The average Bonchev–Trinajstić information content (AvgIpc) is 2.67. The van der Waals surface area contributed by atoms with Gasteiger partial charge in [-0.05, 0) is 17.3 Å². The third-order valence-electron chi connectivity index (χ3n) is 5.53. The van der Waals surface area contributed by atoms with Gasteiger partial charge in [0.15, 0.2) is 0 Å². The summed E-state index contributed by atoms with van der Waals surface area (Å²) >= 11 is 0. The molecular formula is C14H24N4. The van der Waals surface area contributed by atoms with E-state index in [2.05, 4.69) is 54.7 Å². The fourth-order valence-electron chi connectivity index (χ4n) is 3.64. The first-order chi connectivity index (χ1) is 8.41. The summed E-state index contributed by atoms with van der Waals surface area (Å²) in [5, 5.41) is 12.5. The van der Waals surface area contributed by atoms with E-state index in [4.69, 9.17) is 0 Å². The molecule has 0 radical (unpaired) electrons. The Bertz CT molecular complexity index is 458. The second-order valence-electron chi connectivity index (χ2n) is 6.86. The van der Waals surface area contributed by atoms with E-state index in [0.717, 1.165) is 25.3 Å². The fraction of sp³-hybridized carbons (Fsp3) is 0.857. The van der Waals surface area contributed by atoms with Crippen molar-refractivity contribution < 1.29 is 0 Å². The van der Waals surface area contributed by atoms with Crippen LogP contribution >= 0.6 is 0 Å². The molecule has 1 aromatic rings. The number of rotatable bonds is 2. The lowest BCUT2D eigenvalue weighted by atomic mass is 10.0. The average molecular weight is 248 g/mol. The van der Waals surface area contributed by atoms with Crippen molar-refractivity contribution in [1.29, 1.82) is 0 Å². The topological polar surface area (TPSA) is 42.7 Å². The number of hydrogen-bond donors (Lipinski definition) is 1. The summed E-state index contributed by atoms with van der Waals surface area (Å²) in [6.07, 6.45) is 1.08. The van der Waals surface area contributed by atoms with Crippen LogP contribution in [0.25, 0.3) is 0 Å². The van der Waals surface area contributed by atoms with E-state index in [1.807, 2.05) is 0 Å². The monoisotopic (exact) mass is 248 g/mol. The van der Waals surface area contributed by atoms with Crippen molar-refractivity contribution in [1.82, 2.24) is 20.1 Å². The van der Waals surface area contributed by atoms with Gasteiger partial charge in [-0.15, -0.1) is 10.2 Å². The molecule has 100 valence electrons. The second-order valence-corrected chi connectivity index (χ2v) is 6.86. The SMILES string of the molecule is CCC1NCCn2c1nnc2C1C(C)(C)C1(C)C. The highest BCUT2D eigenvalue weighted by atomic mass is 15.3. The summed E-state index contributed by atoms with van der Waals surface area (Å²) in [5.41, 5.74) is 0.673. The molecule has 0 saturated heterocycles. The number of aromatic nitrogens is 3. The Hall–Kier alpha value is -0.900. The van der Waals surface area contributed by atoms with Crippen LogP contribution in [-0.2, 0) is 6.54 Å². The molecule has 2 aliphatic rings. The van der Waals surface area contributed by atoms with Gasteiger partial charge in [0.2, 0.25) is 0 Å². The molecule has 1 N–H and O–H groups in total. The van der Waals surface area contributed by atoms with Crippen LogP contribution in [-0.4, -0.2) is 21.3 Å². The van der Waals surface area contributed by atoms with Crippen molar-refractivity contribution in [3.63, 3.8) is 0 Å². The number of fused-ring (bicyclic) bond motifs is 1. The highest BCUT2D eigenvalue weighted by Gasteiger charge is 2.67. The molecule has 1 aliphatic carbocycles. The van der Waals surface area contributed by atoms with Gasteiger partial charge in [-0.2, -0.15) is 0 Å². The summed E-state index contributed by atoms with van der Waals surface area (Å²) < 4.78 is 2.37. The molecule has 0 aromatic carbocycles. The van der Waals surface area contributed by atoms with Gasteiger partial charge in [0.25, 0.3) is 0 Å². The van der Waals surface area contributed by atoms with Gasteiger partial charge in [-0.1, -0.05) is 34.6 Å². The van der Waals surface area contributed by atoms with Crippen LogP contribution < -0.4 is 5.32 Å². The van der Waals surface area contributed by atoms with Crippen molar-refractivity contribution in [3.8, 4) is 0 Å². The Kier molecular flexibility index (Phi) is 2.40. The summed E-state index contributed by atoms with van der Waals surface area (Å²) in [6.45, 7) is 13.6. The molecule has 18 heavy (non-hydrogen) atoms. The normalized spacial score (nSPS) is 29.1. The van der Waals surface area contributed by atoms with Gasteiger partial charge in [-0.3, -0.25) is 0 Å². The maximum atomic E-state index is 4.52. The maximum absolute atomic E-state index is 4.52. The van der Waals surface area contributed by atoms with Gasteiger partial charge >= 0.3 is 0 Å². The molecule has 4 heteroatoms. The van der Waals surface area contributed by atoms with Crippen LogP contribution in [0.15, 0.2) is 0 Å². The van der Waals surface area contributed by atoms with Crippen LogP contribution in [0.3, 0.4) is 0 Å². The first-order valence-electron chi connectivity index (χ1n) is 7.07. The Labute approximate surface area is 109 Å². The fourth-order valence-corrected chi connectivity index (χ4v) is 3.64. The third kappa shape index (κ3) is 1.35. The molecule has 1 unspecified atom stereocenters. The highest BCUT2D eigenvalue weighted by Crippen LogP contribution is 2.73.